The van der Waals surface area contributed by atoms with E-state index < -0.39 is 0 Å². The lowest BCUT2D eigenvalue weighted by Crippen LogP contribution is -2.56. The van der Waals surface area contributed by atoms with E-state index >= 15 is 0 Å². The molecule has 2 heteroatoms. The lowest BCUT2D eigenvalue weighted by molar-refractivity contribution is -0.0748. The first-order chi connectivity index (χ1) is 8.34. The summed E-state index contributed by atoms with van der Waals surface area (Å²) in [7, 11) is 0. The van der Waals surface area contributed by atoms with Gasteiger partial charge in [0.1, 0.15) is 0 Å². The minimum absolute atomic E-state index is 0.669. The normalized spacial score (nSPS) is 53.6. The molecule has 0 radical (unpaired) electrons. The van der Waals surface area contributed by atoms with Crippen LogP contribution in [0.5, 0.6) is 0 Å². The Labute approximate surface area is 104 Å². The van der Waals surface area contributed by atoms with Crippen molar-refractivity contribution in [1.82, 2.24) is 5.32 Å². The summed E-state index contributed by atoms with van der Waals surface area (Å²) in [4.78, 5) is 0. The van der Waals surface area contributed by atoms with Gasteiger partial charge in [-0.1, -0.05) is 0 Å². The average molecular weight is 235 g/mol. The maximum atomic E-state index is 5.63. The molecule has 1 heterocycles. The van der Waals surface area contributed by atoms with E-state index in [9.17, 15) is 0 Å². The third kappa shape index (κ3) is 1.76. The summed E-state index contributed by atoms with van der Waals surface area (Å²) in [5.41, 5.74) is 0.669. The van der Waals surface area contributed by atoms with Crippen molar-refractivity contribution in [3.8, 4) is 0 Å². The SMILES string of the molecule is C1COCCC(C23CC4CC(CC(C4)C2)C3)N1. The second kappa shape index (κ2) is 3.96. The zero-order valence-electron chi connectivity index (χ0n) is 10.8. The van der Waals surface area contributed by atoms with Crippen LogP contribution in [0.2, 0.25) is 0 Å². The molecule has 1 saturated heterocycles. The van der Waals surface area contributed by atoms with Gasteiger partial charge in [-0.3, -0.25) is 0 Å². The van der Waals surface area contributed by atoms with Gasteiger partial charge in [-0.2, -0.15) is 0 Å². The van der Waals surface area contributed by atoms with Crippen LogP contribution in [0.3, 0.4) is 0 Å². The highest BCUT2D eigenvalue weighted by Crippen LogP contribution is 2.61. The van der Waals surface area contributed by atoms with Crippen molar-refractivity contribution in [3.63, 3.8) is 0 Å². The molecule has 1 atom stereocenters. The van der Waals surface area contributed by atoms with Crippen LogP contribution in [0.15, 0.2) is 0 Å². The monoisotopic (exact) mass is 235 g/mol. The maximum Gasteiger partial charge on any atom is 0.0591 e. The molecule has 5 fully saturated rings. The molecule has 1 unspecified atom stereocenters. The van der Waals surface area contributed by atoms with Crippen LogP contribution >= 0.6 is 0 Å². The van der Waals surface area contributed by atoms with Crippen LogP contribution in [0, 0.1) is 23.2 Å². The first-order valence-corrected chi connectivity index (χ1v) is 7.65. The smallest absolute Gasteiger partial charge is 0.0591 e. The van der Waals surface area contributed by atoms with Gasteiger partial charge in [-0.15, -0.1) is 0 Å². The molecule has 0 spiro atoms. The lowest BCUT2D eigenvalue weighted by Gasteiger charge is -2.59. The molecule has 2 nitrogen and oxygen atoms in total. The molecule has 4 aliphatic carbocycles. The van der Waals surface area contributed by atoms with Gasteiger partial charge >= 0.3 is 0 Å². The van der Waals surface area contributed by atoms with E-state index in [1.54, 1.807) is 19.3 Å². The highest BCUT2D eigenvalue weighted by molar-refractivity contribution is 5.06. The molecule has 5 aliphatic rings. The lowest BCUT2D eigenvalue weighted by atomic mass is 9.47. The Morgan fingerprint density at radius 2 is 1.53 bits per heavy atom. The van der Waals surface area contributed by atoms with E-state index in [1.807, 2.05) is 0 Å². The van der Waals surface area contributed by atoms with Gasteiger partial charge in [-0.05, 0) is 68.1 Å². The highest BCUT2D eigenvalue weighted by Gasteiger charge is 2.53. The Kier molecular flexibility index (Phi) is 2.52. The van der Waals surface area contributed by atoms with Crippen molar-refractivity contribution in [3.05, 3.63) is 0 Å². The summed E-state index contributed by atoms with van der Waals surface area (Å²) in [6.07, 6.45) is 10.5. The molecule has 0 amide bonds. The summed E-state index contributed by atoms with van der Waals surface area (Å²) < 4.78 is 5.63. The Balaban J connectivity index is 1.58. The van der Waals surface area contributed by atoms with Crippen LogP contribution in [0.25, 0.3) is 0 Å². The Morgan fingerprint density at radius 3 is 2.18 bits per heavy atom. The largest absolute Gasteiger partial charge is 0.380 e. The molecule has 17 heavy (non-hydrogen) atoms. The molecular formula is C15H25NO. The molecular weight excluding hydrogens is 210 g/mol. The van der Waals surface area contributed by atoms with Crippen molar-refractivity contribution in [2.24, 2.45) is 23.2 Å². The van der Waals surface area contributed by atoms with E-state index in [-0.39, 0.29) is 0 Å². The zero-order valence-corrected chi connectivity index (χ0v) is 10.8. The third-order valence-corrected chi connectivity index (χ3v) is 6.01. The van der Waals surface area contributed by atoms with Crippen LogP contribution < -0.4 is 5.32 Å². The number of hydrogen-bond acceptors (Lipinski definition) is 2. The van der Waals surface area contributed by atoms with Gasteiger partial charge < -0.3 is 10.1 Å². The van der Waals surface area contributed by atoms with Gasteiger partial charge in [0, 0.05) is 19.2 Å². The molecule has 5 rings (SSSR count). The summed E-state index contributed by atoms with van der Waals surface area (Å²) >= 11 is 0. The van der Waals surface area contributed by atoms with Gasteiger partial charge in [0.15, 0.2) is 0 Å². The summed E-state index contributed by atoms with van der Waals surface area (Å²) in [5.74, 6) is 3.23. The first kappa shape index (κ1) is 10.8. The summed E-state index contributed by atoms with van der Waals surface area (Å²) in [5, 5.41) is 3.81. The Morgan fingerprint density at radius 1 is 0.882 bits per heavy atom. The van der Waals surface area contributed by atoms with Crippen LogP contribution in [-0.2, 0) is 4.74 Å². The fourth-order valence-electron chi connectivity index (χ4n) is 5.84. The molecule has 96 valence electrons. The number of hydrogen-bond donors (Lipinski definition) is 1. The first-order valence-electron chi connectivity index (χ1n) is 7.65. The van der Waals surface area contributed by atoms with E-state index in [2.05, 4.69) is 5.32 Å². The molecule has 1 aliphatic heterocycles. The van der Waals surface area contributed by atoms with E-state index in [4.69, 9.17) is 4.74 Å². The predicted molar refractivity (Wildman–Crippen MR) is 67.8 cm³/mol. The van der Waals surface area contributed by atoms with Crippen molar-refractivity contribution in [2.45, 2.75) is 51.0 Å². The average Bonchev–Trinajstić information content (AvgIpc) is 2.55. The Hall–Kier alpha value is -0.0800. The highest BCUT2D eigenvalue weighted by atomic mass is 16.5. The summed E-state index contributed by atoms with van der Waals surface area (Å²) in [6.45, 7) is 2.98. The summed E-state index contributed by atoms with van der Waals surface area (Å²) in [6, 6.07) is 0.762. The third-order valence-electron chi connectivity index (χ3n) is 6.01. The second-order valence-electron chi connectivity index (χ2n) is 7.19. The topological polar surface area (TPSA) is 21.3 Å². The van der Waals surface area contributed by atoms with E-state index in [0.29, 0.717) is 5.41 Å². The molecule has 0 aromatic heterocycles. The predicted octanol–water partition coefficient (Wildman–Crippen LogP) is 2.58. The van der Waals surface area contributed by atoms with Gasteiger partial charge in [0.2, 0.25) is 0 Å². The van der Waals surface area contributed by atoms with Crippen molar-refractivity contribution in [2.75, 3.05) is 19.8 Å². The molecule has 0 aromatic carbocycles. The standard InChI is InChI=1S/C15H25NO/c1-3-17-4-2-16-14(1)15-8-11-5-12(9-15)7-13(6-11)10-15/h11-14,16H,1-10H2. The Bertz CT molecular complexity index is 258. The number of ether oxygens (including phenoxy) is 1. The quantitative estimate of drug-likeness (QED) is 0.754. The molecule has 0 aromatic rings. The zero-order chi connectivity index (χ0) is 11.3. The van der Waals surface area contributed by atoms with Gasteiger partial charge in [-0.25, -0.2) is 0 Å². The minimum Gasteiger partial charge on any atom is -0.380 e. The van der Waals surface area contributed by atoms with Gasteiger partial charge in [0.25, 0.3) is 0 Å². The fourth-order valence-corrected chi connectivity index (χ4v) is 5.84. The second-order valence-corrected chi connectivity index (χ2v) is 7.19. The van der Waals surface area contributed by atoms with Crippen LogP contribution in [0.1, 0.15) is 44.9 Å². The number of nitrogens with one attached hydrogen (secondary N) is 1. The minimum atomic E-state index is 0.669. The maximum absolute atomic E-state index is 5.63. The van der Waals surface area contributed by atoms with Crippen molar-refractivity contribution < 1.29 is 4.74 Å². The van der Waals surface area contributed by atoms with Crippen LogP contribution in [-0.4, -0.2) is 25.8 Å². The van der Waals surface area contributed by atoms with E-state index in [0.717, 1.165) is 43.6 Å². The van der Waals surface area contributed by atoms with Crippen molar-refractivity contribution >= 4 is 0 Å². The fraction of sp³-hybridized carbons (Fsp3) is 1.00. The molecule has 4 bridgehead atoms. The molecule has 1 N–H and O–H groups in total. The molecule has 4 saturated carbocycles. The van der Waals surface area contributed by atoms with Crippen molar-refractivity contribution in [1.29, 1.82) is 0 Å². The number of rotatable bonds is 1. The van der Waals surface area contributed by atoms with Crippen LogP contribution in [0.4, 0.5) is 0 Å². The van der Waals surface area contributed by atoms with E-state index in [1.165, 1.54) is 25.7 Å². The van der Waals surface area contributed by atoms with Gasteiger partial charge in [0.05, 0.1) is 6.61 Å².